The molecular weight excluding hydrogens is 184 g/mol. The number of aliphatic hydroxyl groups is 1. The number of rotatable bonds is 1. The molecule has 78 valence electrons. The van der Waals surface area contributed by atoms with Crippen molar-refractivity contribution in [2.24, 2.45) is 0 Å². The summed E-state index contributed by atoms with van der Waals surface area (Å²) < 4.78 is 4.90. The molecule has 0 amide bonds. The van der Waals surface area contributed by atoms with Gasteiger partial charge < -0.3 is 20.1 Å². The SMILES string of the molecule is COc1ncc2c(n1)N(C)C(C)(O)N2.[HH]. The van der Waals surface area contributed by atoms with Crippen molar-refractivity contribution in [2.75, 3.05) is 24.4 Å². The number of aromatic nitrogens is 2. The zero-order chi connectivity index (χ0) is 10.3. The summed E-state index contributed by atoms with van der Waals surface area (Å²) in [6.07, 6.45) is 1.58. The Balaban J connectivity index is 0.00000112. The molecule has 1 aromatic heterocycles. The highest BCUT2D eigenvalue weighted by molar-refractivity contribution is 5.72. The number of nitrogens with zero attached hydrogens (tertiary/aromatic N) is 3. The fourth-order valence-corrected chi connectivity index (χ4v) is 1.34. The summed E-state index contributed by atoms with van der Waals surface area (Å²) in [7, 11) is 3.24. The molecule has 1 atom stereocenters. The highest BCUT2D eigenvalue weighted by Gasteiger charge is 2.36. The molecule has 0 spiro atoms. The van der Waals surface area contributed by atoms with Crippen LogP contribution >= 0.6 is 0 Å². The fourth-order valence-electron chi connectivity index (χ4n) is 1.34. The molecular formula is C8H14N4O2. The van der Waals surface area contributed by atoms with E-state index in [1.807, 2.05) is 0 Å². The second kappa shape index (κ2) is 2.71. The Bertz CT molecular complexity index is 372. The maximum atomic E-state index is 9.85. The number of methoxy groups -OCH3 is 1. The first kappa shape index (κ1) is 9.01. The lowest BCUT2D eigenvalue weighted by Crippen LogP contribution is -2.45. The first-order valence-corrected chi connectivity index (χ1v) is 4.20. The van der Waals surface area contributed by atoms with E-state index in [1.165, 1.54) is 7.11 Å². The van der Waals surface area contributed by atoms with E-state index >= 15 is 0 Å². The molecule has 6 heteroatoms. The van der Waals surface area contributed by atoms with Gasteiger partial charge in [-0.25, -0.2) is 4.98 Å². The third-order valence-corrected chi connectivity index (χ3v) is 2.27. The molecule has 2 N–H and O–H groups in total. The monoisotopic (exact) mass is 198 g/mol. The molecule has 0 bridgehead atoms. The minimum absolute atomic E-state index is 0. The lowest BCUT2D eigenvalue weighted by atomic mass is 10.4. The Morgan fingerprint density at radius 1 is 1.71 bits per heavy atom. The molecule has 1 aliphatic rings. The molecule has 6 nitrogen and oxygen atoms in total. The Kier molecular flexibility index (Phi) is 1.75. The first-order chi connectivity index (χ1) is 6.54. The van der Waals surface area contributed by atoms with Gasteiger partial charge in [0.15, 0.2) is 5.82 Å². The second-order valence-electron chi connectivity index (χ2n) is 3.30. The van der Waals surface area contributed by atoms with E-state index in [1.54, 1.807) is 25.1 Å². The van der Waals surface area contributed by atoms with Crippen molar-refractivity contribution in [3.63, 3.8) is 0 Å². The molecule has 0 saturated heterocycles. The zero-order valence-electron chi connectivity index (χ0n) is 8.27. The van der Waals surface area contributed by atoms with E-state index in [9.17, 15) is 5.11 Å². The van der Waals surface area contributed by atoms with Gasteiger partial charge in [-0.1, -0.05) is 0 Å². The van der Waals surface area contributed by atoms with Crippen molar-refractivity contribution >= 4 is 11.5 Å². The average molecular weight is 198 g/mol. The maximum Gasteiger partial charge on any atom is 0.318 e. The first-order valence-electron chi connectivity index (χ1n) is 4.20. The van der Waals surface area contributed by atoms with Gasteiger partial charge >= 0.3 is 6.01 Å². The largest absolute Gasteiger partial charge is 0.467 e. The van der Waals surface area contributed by atoms with Crippen molar-refractivity contribution in [1.29, 1.82) is 0 Å². The Morgan fingerprint density at radius 3 is 3.07 bits per heavy atom. The molecule has 1 unspecified atom stereocenters. The Hall–Kier alpha value is -1.56. The van der Waals surface area contributed by atoms with Gasteiger partial charge in [-0.05, 0) is 0 Å². The van der Waals surface area contributed by atoms with Crippen LogP contribution in [0.3, 0.4) is 0 Å². The van der Waals surface area contributed by atoms with Gasteiger partial charge in [-0.3, -0.25) is 0 Å². The van der Waals surface area contributed by atoms with Crippen LogP contribution in [-0.4, -0.2) is 35.1 Å². The predicted octanol–water partition coefficient (Wildman–Crippen LogP) is 0.259. The number of nitrogens with one attached hydrogen (secondary N) is 1. The van der Waals surface area contributed by atoms with Crippen LogP contribution in [0.2, 0.25) is 0 Å². The summed E-state index contributed by atoms with van der Waals surface area (Å²) in [6.45, 7) is 1.64. The zero-order valence-corrected chi connectivity index (χ0v) is 8.27. The number of hydrogen-bond donors (Lipinski definition) is 2. The molecule has 14 heavy (non-hydrogen) atoms. The van der Waals surface area contributed by atoms with E-state index in [0.29, 0.717) is 11.5 Å². The van der Waals surface area contributed by atoms with Crippen LogP contribution < -0.4 is 15.0 Å². The van der Waals surface area contributed by atoms with Crippen LogP contribution in [0.5, 0.6) is 6.01 Å². The number of hydrogen-bond acceptors (Lipinski definition) is 6. The summed E-state index contributed by atoms with van der Waals surface area (Å²) in [6, 6.07) is 0.287. The molecule has 1 aromatic rings. The minimum Gasteiger partial charge on any atom is -0.467 e. The van der Waals surface area contributed by atoms with Crippen molar-refractivity contribution in [3.05, 3.63) is 6.20 Å². The van der Waals surface area contributed by atoms with Gasteiger partial charge in [0.05, 0.1) is 13.3 Å². The van der Waals surface area contributed by atoms with Crippen molar-refractivity contribution < 1.29 is 11.3 Å². The van der Waals surface area contributed by atoms with E-state index in [0.717, 1.165) is 0 Å². The summed E-state index contributed by atoms with van der Waals surface area (Å²) >= 11 is 0. The maximum absolute atomic E-state index is 9.85. The predicted molar refractivity (Wildman–Crippen MR) is 53.3 cm³/mol. The minimum atomic E-state index is -1.12. The van der Waals surface area contributed by atoms with Gasteiger partial charge in [0.1, 0.15) is 5.69 Å². The van der Waals surface area contributed by atoms with Gasteiger partial charge in [-0.15, -0.1) is 0 Å². The van der Waals surface area contributed by atoms with Crippen LogP contribution in [0, 0.1) is 0 Å². The topological polar surface area (TPSA) is 70.5 Å². The van der Waals surface area contributed by atoms with Crippen molar-refractivity contribution in [1.82, 2.24) is 9.97 Å². The molecule has 0 fully saturated rings. The lowest BCUT2D eigenvalue weighted by Gasteiger charge is -2.26. The van der Waals surface area contributed by atoms with E-state index in [2.05, 4.69) is 15.3 Å². The van der Waals surface area contributed by atoms with Crippen LogP contribution in [0.4, 0.5) is 11.5 Å². The van der Waals surface area contributed by atoms with Gasteiger partial charge in [0, 0.05) is 15.4 Å². The summed E-state index contributed by atoms with van der Waals surface area (Å²) in [5.41, 5.74) is 0.693. The Labute approximate surface area is 83.0 Å². The van der Waals surface area contributed by atoms with Crippen LogP contribution in [0.25, 0.3) is 0 Å². The summed E-state index contributed by atoms with van der Waals surface area (Å²) in [5, 5.41) is 12.7. The van der Waals surface area contributed by atoms with Crippen LogP contribution in [0.15, 0.2) is 6.20 Å². The van der Waals surface area contributed by atoms with E-state index < -0.39 is 5.85 Å². The third-order valence-electron chi connectivity index (χ3n) is 2.27. The van der Waals surface area contributed by atoms with Gasteiger partial charge in [-0.2, -0.15) is 4.98 Å². The lowest BCUT2D eigenvalue weighted by molar-refractivity contribution is 0.0973. The summed E-state index contributed by atoms with van der Waals surface area (Å²) in [5.74, 6) is -0.495. The van der Waals surface area contributed by atoms with Crippen molar-refractivity contribution in [3.8, 4) is 6.01 Å². The smallest absolute Gasteiger partial charge is 0.318 e. The molecule has 0 aliphatic carbocycles. The average Bonchev–Trinajstić information content (AvgIpc) is 2.38. The van der Waals surface area contributed by atoms with Crippen LogP contribution in [0.1, 0.15) is 8.35 Å². The third kappa shape index (κ3) is 1.15. The van der Waals surface area contributed by atoms with E-state index in [4.69, 9.17) is 4.74 Å². The molecule has 0 aromatic carbocycles. The number of ether oxygens (including phenoxy) is 1. The number of fused-ring (bicyclic) bond motifs is 1. The molecule has 2 heterocycles. The summed E-state index contributed by atoms with van der Waals surface area (Å²) in [4.78, 5) is 9.67. The van der Waals surface area contributed by atoms with Gasteiger partial charge in [0.25, 0.3) is 0 Å². The molecule has 2 rings (SSSR count). The normalized spacial score (nSPS) is 24.4. The molecule has 0 saturated carbocycles. The van der Waals surface area contributed by atoms with Gasteiger partial charge in [0.2, 0.25) is 5.85 Å². The quantitative estimate of drug-likeness (QED) is 0.674. The molecule has 0 radical (unpaired) electrons. The highest BCUT2D eigenvalue weighted by Crippen LogP contribution is 2.35. The van der Waals surface area contributed by atoms with Crippen LogP contribution in [-0.2, 0) is 0 Å². The second-order valence-corrected chi connectivity index (χ2v) is 3.30. The van der Waals surface area contributed by atoms with Crippen molar-refractivity contribution in [2.45, 2.75) is 12.8 Å². The standard InChI is InChI=1S/C8H12N4O2.H2/c1-8(13)11-5-4-9-7(14-3)10-6(5)12(8)2;/h4,11,13H,1-3H3;1H. The highest BCUT2D eigenvalue weighted by atomic mass is 16.5. The van der Waals surface area contributed by atoms with E-state index in [-0.39, 0.29) is 7.44 Å². The fraction of sp³-hybridized carbons (Fsp3) is 0.500. The Morgan fingerprint density at radius 2 is 2.43 bits per heavy atom. The number of anilines is 2. The molecule has 1 aliphatic heterocycles.